The SMILES string of the molecule is CCCCN1C(=O)/C(=C/c2cccc3ccccc23)SC1=S. The third-order valence-corrected chi connectivity index (χ3v) is 5.10. The van der Waals surface area contributed by atoms with E-state index in [-0.39, 0.29) is 5.91 Å². The van der Waals surface area contributed by atoms with Crippen LogP contribution < -0.4 is 0 Å². The van der Waals surface area contributed by atoms with Gasteiger partial charge in [0.1, 0.15) is 4.32 Å². The fraction of sp³-hybridized carbons (Fsp3) is 0.222. The van der Waals surface area contributed by atoms with Gasteiger partial charge in [-0.2, -0.15) is 0 Å². The summed E-state index contributed by atoms with van der Waals surface area (Å²) < 4.78 is 0.671. The molecule has 0 spiro atoms. The molecule has 1 aliphatic rings. The third-order valence-electron chi connectivity index (χ3n) is 3.72. The van der Waals surface area contributed by atoms with E-state index in [1.54, 1.807) is 4.90 Å². The minimum Gasteiger partial charge on any atom is -0.293 e. The van der Waals surface area contributed by atoms with Crippen LogP contribution in [0, 0.1) is 0 Å². The number of carbonyl (C=O) groups excluding carboxylic acids is 1. The van der Waals surface area contributed by atoms with Crippen molar-refractivity contribution in [3.05, 3.63) is 52.9 Å². The Labute approximate surface area is 140 Å². The van der Waals surface area contributed by atoms with Gasteiger partial charge in [0.05, 0.1) is 4.91 Å². The lowest BCUT2D eigenvalue weighted by Crippen LogP contribution is -2.28. The number of thiocarbonyl (C=S) groups is 1. The van der Waals surface area contributed by atoms with Crippen LogP contribution in [0.1, 0.15) is 25.3 Å². The highest BCUT2D eigenvalue weighted by atomic mass is 32.2. The lowest BCUT2D eigenvalue weighted by Gasteiger charge is -2.13. The summed E-state index contributed by atoms with van der Waals surface area (Å²) in [5, 5.41) is 2.33. The maximum atomic E-state index is 12.5. The molecule has 0 aromatic heterocycles. The van der Waals surface area contributed by atoms with E-state index in [2.05, 4.69) is 25.1 Å². The van der Waals surface area contributed by atoms with Crippen molar-refractivity contribution < 1.29 is 4.79 Å². The number of carbonyl (C=O) groups is 1. The molecule has 3 rings (SSSR count). The summed E-state index contributed by atoms with van der Waals surface area (Å²) in [6, 6.07) is 14.4. The third kappa shape index (κ3) is 2.94. The maximum Gasteiger partial charge on any atom is 0.266 e. The van der Waals surface area contributed by atoms with E-state index in [9.17, 15) is 4.79 Å². The topological polar surface area (TPSA) is 20.3 Å². The zero-order valence-electron chi connectivity index (χ0n) is 12.4. The Kier molecular flexibility index (Phi) is 4.60. The van der Waals surface area contributed by atoms with Gasteiger partial charge in [0.2, 0.25) is 0 Å². The van der Waals surface area contributed by atoms with Crippen molar-refractivity contribution in [3.8, 4) is 0 Å². The van der Waals surface area contributed by atoms with E-state index in [1.165, 1.54) is 17.1 Å². The van der Waals surface area contributed by atoms with Crippen LogP contribution in [0.3, 0.4) is 0 Å². The minimum absolute atomic E-state index is 0.0383. The van der Waals surface area contributed by atoms with E-state index in [1.807, 2.05) is 30.3 Å². The van der Waals surface area contributed by atoms with Crippen molar-refractivity contribution in [2.24, 2.45) is 0 Å². The number of rotatable bonds is 4. The van der Waals surface area contributed by atoms with Crippen LogP contribution >= 0.6 is 24.0 Å². The molecule has 1 aliphatic heterocycles. The second-order valence-electron chi connectivity index (χ2n) is 5.26. The van der Waals surface area contributed by atoms with E-state index < -0.39 is 0 Å². The summed E-state index contributed by atoms with van der Waals surface area (Å²) in [4.78, 5) is 15.0. The molecular weight excluding hydrogens is 310 g/mol. The first-order valence-corrected chi connectivity index (χ1v) is 8.66. The van der Waals surface area contributed by atoms with Crippen molar-refractivity contribution >= 4 is 51.1 Å². The molecule has 2 nitrogen and oxygen atoms in total. The van der Waals surface area contributed by atoms with Crippen LogP contribution in [-0.4, -0.2) is 21.7 Å². The van der Waals surface area contributed by atoms with Gasteiger partial charge in [-0.1, -0.05) is 79.8 Å². The van der Waals surface area contributed by atoms with Crippen LogP contribution in [0.15, 0.2) is 47.4 Å². The number of hydrogen-bond donors (Lipinski definition) is 0. The monoisotopic (exact) mass is 327 g/mol. The normalized spacial score (nSPS) is 17.0. The number of fused-ring (bicyclic) bond motifs is 1. The van der Waals surface area contributed by atoms with Crippen LogP contribution in [0.25, 0.3) is 16.8 Å². The van der Waals surface area contributed by atoms with Crippen molar-refractivity contribution in [1.29, 1.82) is 0 Å². The van der Waals surface area contributed by atoms with Crippen LogP contribution in [0.4, 0.5) is 0 Å². The van der Waals surface area contributed by atoms with Gasteiger partial charge in [-0.3, -0.25) is 9.69 Å². The Morgan fingerprint density at radius 2 is 1.95 bits per heavy atom. The van der Waals surface area contributed by atoms with Gasteiger partial charge in [0.15, 0.2) is 0 Å². The first-order valence-electron chi connectivity index (χ1n) is 7.44. The zero-order valence-corrected chi connectivity index (χ0v) is 14.0. The summed E-state index contributed by atoms with van der Waals surface area (Å²) in [6.45, 7) is 2.83. The fourth-order valence-electron chi connectivity index (χ4n) is 2.53. The number of unbranched alkanes of at least 4 members (excludes halogenated alkanes) is 1. The molecule has 0 aliphatic carbocycles. The maximum absolute atomic E-state index is 12.5. The zero-order chi connectivity index (χ0) is 15.5. The molecule has 4 heteroatoms. The Morgan fingerprint density at radius 3 is 2.77 bits per heavy atom. The molecular formula is C18H17NOS2. The summed E-state index contributed by atoms with van der Waals surface area (Å²) >= 11 is 6.75. The summed E-state index contributed by atoms with van der Waals surface area (Å²) in [7, 11) is 0. The van der Waals surface area contributed by atoms with Crippen LogP contribution in [0.5, 0.6) is 0 Å². The van der Waals surface area contributed by atoms with Crippen molar-refractivity contribution in [1.82, 2.24) is 4.90 Å². The molecule has 0 bridgehead atoms. The van der Waals surface area contributed by atoms with Gasteiger partial charge >= 0.3 is 0 Å². The number of thioether (sulfide) groups is 1. The molecule has 0 N–H and O–H groups in total. The van der Waals surface area contributed by atoms with Crippen LogP contribution in [0.2, 0.25) is 0 Å². The molecule has 0 atom stereocenters. The Morgan fingerprint density at radius 1 is 1.18 bits per heavy atom. The largest absolute Gasteiger partial charge is 0.293 e. The Balaban J connectivity index is 1.95. The van der Waals surface area contributed by atoms with E-state index >= 15 is 0 Å². The molecule has 0 unspecified atom stereocenters. The predicted molar refractivity (Wildman–Crippen MR) is 98.7 cm³/mol. The van der Waals surface area contributed by atoms with Gasteiger partial charge in [-0.15, -0.1) is 0 Å². The smallest absolute Gasteiger partial charge is 0.266 e. The Hall–Kier alpha value is -1.65. The van der Waals surface area contributed by atoms with Gasteiger partial charge in [0, 0.05) is 6.54 Å². The molecule has 0 radical (unpaired) electrons. The molecule has 1 fully saturated rings. The average Bonchev–Trinajstić information content (AvgIpc) is 2.80. The molecule has 2 aromatic rings. The molecule has 22 heavy (non-hydrogen) atoms. The molecule has 112 valence electrons. The molecule has 1 saturated heterocycles. The minimum atomic E-state index is 0.0383. The van der Waals surface area contributed by atoms with Crippen molar-refractivity contribution in [3.63, 3.8) is 0 Å². The molecule has 1 heterocycles. The summed E-state index contributed by atoms with van der Waals surface area (Å²) in [6.07, 6.45) is 4.00. The first-order chi connectivity index (χ1) is 10.7. The van der Waals surface area contributed by atoms with E-state index in [4.69, 9.17) is 12.2 Å². The van der Waals surface area contributed by atoms with E-state index in [0.717, 1.165) is 28.7 Å². The van der Waals surface area contributed by atoms with E-state index in [0.29, 0.717) is 10.9 Å². The van der Waals surface area contributed by atoms with Gasteiger partial charge < -0.3 is 0 Å². The second-order valence-corrected chi connectivity index (χ2v) is 6.93. The number of nitrogens with zero attached hydrogens (tertiary/aromatic N) is 1. The Bertz CT molecular complexity index is 761. The summed E-state index contributed by atoms with van der Waals surface area (Å²) in [5.41, 5.74) is 1.06. The van der Waals surface area contributed by atoms with Gasteiger partial charge in [-0.05, 0) is 28.8 Å². The van der Waals surface area contributed by atoms with Gasteiger partial charge in [-0.25, -0.2) is 0 Å². The highest BCUT2D eigenvalue weighted by molar-refractivity contribution is 8.26. The number of benzene rings is 2. The average molecular weight is 327 g/mol. The summed E-state index contributed by atoms with van der Waals surface area (Å²) in [5.74, 6) is 0.0383. The highest BCUT2D eigenvalue weighted by Gasteiger charge is 2.31. The standard InChI is InChI=1S/C18H17NOS2/c1-2-3-11-19-17(20)16(22-18(19)21)12-14-9-6-8-13-7-4-5-10-15(13)14/h4-10,12H,2-3,11H2,1H3/b16-12-. The highest BCUT2D eigenvalue weighted by Crippen LogP contribution is 2.33. The number of hydrogen-bond acceptors (Lipinski definition) is 3. The molecule has 1 amide bonds. The van der Waals surface area contributed by atoms with Gasteiger partial charge in [0.25, 0.3) is 5.91 Å². The quantitative estimate of drug-likeness (QED) is 0.592. The van der Waals surface area contributed by atoms with Crippen molar-refractivity contribution in [2.75, 3.05) is 6.54 Å². The van der Waals surface area contributed by atoms with Crippen LogP contribution in [-0.2, 0) is 4.79 Å². The molecule has 0 saturated carbocycles. The predicted octanol–water partition coefficient (Wildman–Crippen LogP) is 4.84. The number of amides is 1. The second kappa shape index (κ2) is 6.63. The van der Waals surface area contributed by atoms with Crippen molar-refractivity contribution in [2.45, 2.75) is 19.8 Å². The lowest BCUT2D eigenvalue weighted by molar-refractivity contribution is -0.122. The molecule has 2 aromatic carbocycles. The first kappa shape index (κ1) is 15.3. The fourth-order valence-corrected chi connectivity index (χ4v) is 3.83. The lowest BCUT2D eigenvalue weighted by atomic mass is 10.0.